The van der Waals surface area contributed by atoms with Gasteiger partial charge in [0.15, 0.2) is 5.82 Å². The number of fused-ring (bicyclic) bond motifs is 2. The van der Waals surface area contributed by atoms with Gasteiger partial charge in [-0.3, -0.25) is 9.52 Å². The SMILES string of the molecule is Nc1cc2c(cn1)cc(-c1c(F)ccc(NS(=O)(=O)c3cc4scnc4cc3F)c1F)c(=O)n2CC(F)(F)C1CC1. The van der Waals surface area contributed by atoms with Crippen LogP contribution in [0.25, 0.3) is 32.2 Å². The summed E-state index contributed by atoms with van der Waals surface area (Å²) in [5.74, 6) is -8.21. The minimum absolute atomic E-state index is 0.0156. The number of thiazole rings is 1. The van der Waals surface area contributed by atoms with Gasteiger partial charge in [0.25, 0.3) is 21.5 Å². The topological polar surface area (TPSA) is 120 Å². The predicted octanol–water partition coefficient (Wildman–Crippen LogP) is 5.52. The molecule has 0 amide bonds. The number of hydrogen-bond acceptors (Lipinski definition) is 7. The summed E-state index contributed by atoms with van der Waals surface area (Å²) in [5.41, 5.74) is 3.75. The van der Waals surface area contributed by atoms with Gasteiger partial charge in [-0.2, -0.15) is 0 Å². The number of rotatable bonds is 7. The van der Waals surface area contributed by atoms with Crippen molar-refractivity contribution < 1.29 is 30.4 Å². The fourth-order valence-electron chi connectivity index (χ4n) is 4.61. The molecular weight excluding hydrogens is 589 g/mol. The van der Waals surface area contributed by atoms with E-state index >= 15 is 8.78 Å². The lowest BCUT2D eigenvalue weighted by atomic mass is 10.0. The first-order valence-corrected chi connectivity index (χ1v) is 14.4. The molecule has 3 heterocycles. The molecule has 6 rings (SSSR count). The molecule has 0 radical (unpaired) electrons. The summed E-state index contributed by atoms with van der Waals surface area (Å²) < 4.78 is 104. The quantitative estimate of drug-likeness (QED) is 0.235. The summed E-state index contributed by atoms with van der Waals surface area (Å²) in [6.45, 7) is -1.07. The average molecular weight is 608 g/mol. The van der Waals surface area contributed by atoms with Gasteiger partial charge in [-0.05, 0) is 37.1 Å². The predicted molar refractivity (Wildman–Crippen MR) is 144 cm³/mol. The number of benzene rings is 2. The maximum Gasteiger partial charge on any atom is 0.268 e. The minimum Gasteiger partial charge on any atom is -0.384 e. The lowest BCUT2D eigenvalue weighted by Gasteiger charge is -2.20. The van der Waals surface area contributed by atoms with Crippen LogP contribution in [-0.2, 0) is 16.6 Å². The number of nitrogens with one attached hydrogen (secondary N) is 1. The van der Waals surface area contributed by atoms with E-state index in [-0.39, 0.29) is 35.1 Å². The van der Waals surface area contributed by atoms with Crippen LogP contribution in [0.2, 0.25) is 0 Å². The number of nitrogens with two attached hydrogens (primary N) is 1. The van der Waals surface area contributed by atoms with Crippen molar-refractivity contribution in [3.63, 3.8) is 0 Å². The highest BCUT2D eigenvalue weighted by molar-refractivity contribution is 7.92. The Kier molecular flexibility index (Phi) is 6.26. The third-order valence-electron chi connectivity index (χ3n) is 6.82. The van der Waals surface area contributed by atoms with Crippen molar-refractivity contribution in [3.8, 4) is 11.1 Å². The van der Waals surface area contributed by atoms with Crippen molar-refractivity contribution in [2.75, 3.05) is 10.5 Å². The fraction of sp³-hybridized carbons (Fsp3) is 0.192. The molecular formula is C26H18F5N5O3S2. The molecule has 2 aromatic carbocycles. The second-order valence-electron chi connectivity index (χ2n) is 9.64. The molecule has 3 N–H and O–H groups in total. The molecule has 1 aliphatic carbocycles. The number of nitrogens with zero attached hydrogens (tertiary/aromatic N) is 3. The van der Waals surface area contributed by atoms with Crippen molar-refractivity contribution in [2.45, 2.75) is 30.2 Å². The van der Waals surface area contributed by atoms with E-state index in [1.807, 2.05) is 4.72 Å². The first-order chi connectivity index (χ1) is 19.4. The van der Waals surface area contributed by atoms with E-state index in [2.05, 4.69) is 9.97 Å². The van der Waals surface area contributed by atoms with Gasteiger partial charge in [-0.25, -0.2) is 40.3 Å². The van der Waals surface area contributed by atoms with Crippen LogP contribution in [-0.4, -0.2) is 28.9 Å². The largest absolute Gasteiger partial charge is 0.384 e. The Morgan fingerprint density at radius 2 is 1.83 bits per heavy atom. The molecule has 3 aromatic heterocycles. The molecule has 5 aromatic rings. The highest BCUT2D eigenvalue weighted by Crippen LogP contribution is 2.44. The second-order valence-corrected chi connectivity index (χ2v) is 12.2. The zero-order valence-corrected chi connectivity index (χ0v) is 22.3. The Hall–Kier alpha value is -4.11. The maximum atomic E-state index is 15.8. The lowest BCUT2D eigenvalue weighted by molar-refractivity contribution is -0.0383. The Morgan fingerprint density at radius 3 is 2.56 bits per heavy atom. The van der Waals surface area contributed by atoms with Gasteiger partial charge in [0.05, 0.1) is 44.6 Å². The van der Waals surface area contributed by atoms with E-state index in [9.17, 15) is 26.4 Å². The van der Waals surface area contributed by atoms with Gasteiger partial charge in [-0.1, -0.05) is 0 Å². The molecule has 0 aliphatic heterocycles. The normalized spacial score (nSPS) is 14.2. The molecule has 1 fully saturated rings. The minimum atomic E-state index is -4.75. The molecule has 0 saturated heterocycles. The summed E-state index contributed by atoms with van der Waals surface area (Å²) in [7, 11) is -4.75. The number of hydrogen-bond donors (Lipinski definition) is 2. The zero-order valence-electron chi connectivity index (χ0n) is 20.7. The molecule has 0 bridgehead atoms. The molecule has 41 heavy (non-hydrogen) atoms. The van der Waals surface area contributed by atoms with Crippen molar-refractivity contribution in [1.82, 2.24) is 14.5 Å². The second kappa shape index (κ2) is 9.48. The highest BCUT2D eigenvalue weighted by atomic mass is 32.2. The van der Waals surface area contributed by atoms with Crippen LogP contribution in [0.5, 0.6) is 0 Å². The Morgan fingerprint density at radius 1 is 1.07 bits per heavy atom. The highest BCUT2D eigenvalue weighted by Gasteiger charge is 2.47. The molecule has 0 spiro atoms. The van der Waals surface area contributed by atoms with E-state index in [1.54, 1.807) is 0 Å². The number of anilines is 2. The van der Waals surface area contributed by atoms with E-state index in [4.69, 9.17) is 5.73 Å². The van der Waals surface area contributed by atoms with Crippen LogP contribution in [0.15, 0.2) is 57.8 Å². The number of aromatic nitrogens is 3. The summed E-state index contributed by atoms with van der Waals surface area (Å²) in [6, 6.07) is 5.66. The van der Waals surface area contributed by atoms with Gasteiger partial charge in [-0.15, -0.1) is 11.3 Å². The zero-order chi connectivity index (χ0) is 29.3. The number of nitrogen functional groups attached to an aromatic ring is 1. The van der Waals surface area contributed by atoms with E-state index in [1.165, 1.54) is 17.8 Å². The van der Waals surface area contributed by atoms with Crippen LogP contribution in [0, 0.1) is 23.4 Å². The monoisotopic (exact) mass is 607 g/mol. The van der Waals surface area contributed by atoms with E-state index < -0.39 is 73.1 Å². The van der Waals surface area contributed by atoms with E-state index in [0.29, 0.717) is 15.3 Å². The first-order valence-electron chi connectivity index (χ1n) is 12.1. The van der Waals surface area contributed by atoms with Crippen LogP contribution in [0.1, 0.15) is 12.8 Å². The molecule has 212 valence electrons. The third kappa shape index (κ3) is 4.78. The van der Waals surface area contributed by atoms with Crippen molar-refractivity contribution in [2.24, 2.45) is 5.92 Å². The Labute approximate surface area is 232 Å². The number of pyridine rings is 2. The molecule has 0 atom stereocenters. The van der Waals surface area contributed by atoms with Crippen LogP contribution < -0.4 is 16.0 Å². The molecule has 15 heteroatoms. The van der Waals surface area contributed by atoms with Gasteiger partial charge >= 0.3 is 0 Å². The van der Waals surface area contributed by atoms with Gasteiger partial charge in [0.1, 0.15) is 22.3 Å². The standard InChI is InChI=1S/C26H18F5N5O3S2/c27-15-3-4-17(35-41(38,39)21-8-20-18(6-16(21)28)34-11-40-20)24(29)23(15)14-5-12-9-33-22(32)7-19(12)36(25(14)37)10-26(30,31)13-1-2-13/h3-9,11,13,35H,1-2,10H2,(H2,32,33). The van der Waals surface area contributed by atoms with Gasteiger partial charge in [0, 0.05) is 29.6 Å². The molecule has 0 unspecified atom stereocenters. The average Bonchev–Trinajstić information content (AvgIpc) is 3.68. The molecule has 8 nitrogen and oxygen atoms in total. The van der Waals surface area contributed by atoms with Crippen molar-refractivity contribution in [1.29, 1.82) is 0 Å². The van der Waals surface area contributed by atoms with Crippen LogP contribution in [0.3, 0.4) is 0 Å². The summed E-state index contributed by atoms with van der Waals surface area (Å²) in [6.07, 6.45) is 1.70. The van der Waals surface area contributed by atoms with Crippen LogP contribution in [0.4, 0.5) is 33.5 Å². The number of alkyl halides is 2. The summed E-state index contributed by atoms with van der Waals surface area (Å²) in [5, 5.41) is 0.0881. The smallest absolute Gasteiger partial charge is 0.268 e. The van der Waals surface area contributed by atoms with Crippen molar-refractivity contribution >= 4 is 54.0 Å². The number of sulfonamides is 1. The Balaban J connectivity index is 1.49. The molecule has 1 aliphatic rings. The summed E-state index contributed by atoms with van der Waals surface area (Å²) >= 11 is 1.05. The van der Waals surface area contributed by atoms with Gasteiger partial charge in [0.2, 0.25) is 0 Å². The molecule has 1 saturated carbocycles. The number of halogens is 5. The lowest BCUT2D eigenvalue weighted by Crippen LogP contribution is -2.33. The first kappa shape index (κ1) is 27.1. The summed E-state index contributed by atoms with van der Waals surface area (Å²) in [4.78, 5) is 20.5. The van der Waals surface area contributed by atoms with E-state index in [0.717, 1.165) is 35.6 Å². The van der Waals surface area contributed by atoms with Crippen LogP contribution >= 0.6 is 11.3 Å². The maximum absolute atomic E-state index is 15.8. The van der Waals surface area contributed by atoms with Crippen molar-refractivity contribution in [3.05, 3.63) is 75.9 Å². The fourth-order valence-corrected chi connectivity index (χ4v) is 6.53. The van der Waals surface area contributed by atoms with Gasteiger partial charge < -0.3 is 10.3 Å². The Bertz CT molecular complexity index is 2040. The third-order valence-corrected chi connectivity index (χ3v) is 8.99.